The van der Waals surface area contributed by atoms with Crippen LogP contribution in [0.4, 0.5) is 0 Å². The number of hydrogen-bond donors (Lipinski definition) is 4. The van der Waals surface area contributed by atoms with Crippen LogP contribution in [0.5, 0.6) is 0 Å². The molecule has 0 bridgehead atoms. The first kappa shape index (κ1) is 31.6. The summed E-state index contributed by atoms with van der Waals surface area (Å²) in [5.74, 6) is -1.07. The maximum atomic E-state index is 12.8. The monoisotopic (exact) mass is 592 g/mol. The van der Waals surface area contributed by atoms with E-state index < -0.39 is 5.97 Å². The van der Waals surface area contributed by atoms with E-state index in [0.29, 0.717) is 41.6 Å². The molecule has 2 atom stereocenters. The van der Waals surface area contributed by atoms with Crippen molar-refractivity contribution in [2.24, 2.45) is 0 Å². The average molecular weight is 593 g/mol. The summed E-state index contributed by atoms with van der Waals surface area (Å²) < 4.78 is 0. The van der Waals surface area contributed by atoms with E-state index in [4.69, 9.17) is 16.7 Å². The Bertz CT molecular complexity index is 1310. The molecule has 1 amide bonds. The molecule has 1 aliphatic heterocycles. The predicted molar refractivity (Wildman–Crippen MR) is 165 cm³/mol. The molecule has 42 heavy (non-hydrogen) atoms. The van der Waals surface area contributed by atoms with Gasteiger partial charge in [-0.05, 0) is 82.4 Å². The minimum atomic E-state index is -0.973. The number of carboxylic acids is 1. The Balaban J connectivity index is 1.23. The maximum Gasteiger partial charge on any atom is 0.337 e. The number of nitrogens with one attached hydrogen (secondary N) is 3. The van der Waals surface area contributed by atoms with Crippen molar-refractivity contribution < 1.29 is 14.7 Å². The van der Waals surface area contributed by atoms with E-state index >= 15 is 0 Å². The van der Waals surface area contributed by atoms with E-state index in [9.17, 15) is 9.59 Å². The second-order valence-corrected chi connectivity index (χ2v) is 11.4. The molecule has 4 rings (SSSR count). The molecule has 2 aromatic heterocycles. The third-order valence-corrected chi connectivity index (χ3v) is 8.15. The molecule has 1 aliphatic rings. The number of halogens is 1. The van der Waals surface area contributed by atoms with Crippen LogP contribution < -0.4 is 16.0 Å². The molecule has 1 saturated heterocycles. The van der Waals surface area contributed by atoms with Crippen molar-refractivity contribution in [2.45, 2.75) is 64.7 Å². The first-order valence-electron chi connectivity index (χ1n) is 14.6. The van der Waals surface area contributed by atoms with E-state index in [2.05, 4.69) is 62.0 Å². The summed E-state index contributed by atoms with van der Waals surface area (Å²) in [6, 6.07) is 16.4. The molecule has 1 fully saturated rings. The number of aromatic nitrogens is 2. The van der Waals surface area contributed by atoms with E-state index in [1.807, 2.05) is 19.9 Å². The summed E-state index contributed by atoms with van der Waals surface area (Å²) in [5.41, 5.74) is 4.31. The number of nitrogens with zero attached hydrogens (tertiary/aromatic N) is 3. The molecule has 0 spiro atoms. The van der Waals surface area contributed by atoms with Crippen molar-refractivity contribution in [1.82, 2.24) is 30.8 Å². The molecule has 224 valence electrons. The summed E-state index contributed by atoms with van der Waals surface area (Å²) in [6.07, 6.45) is 4.37. The third kappa shape index (κ3) is 8.82. The van der Waals surface area contributed by atoms with Gasteiger partial charge in [-0.3, -0.25) is 9.78 Å². The molecule has 3 heterocycles. The summed E-state index contributed by atoms with van der Waals surface area (Å²) in [4.78, 5) is 34.8. The highest BCUT2D eigenvalue weighted by molar-refractivity contribution is 6.29. The van der Waals surface area contributed by atoms with E-state index in [1.165, 1.54) is 11.8 Å². The van der Waals surface area contributed by atoms with Gasteiger partial charge in [0.2, 0.25) is 0 Å². The fraction of sp³-hybridized carbons (Fsp3) is 0.438. The number of carbonyl (C=O) groups is 2. The minimum Gasteiger partial charge on any atom is -0.478 e. The van der Waals surface area contributed by atoms with Crippen LogP contribution in [-0.2, 0) is 6.54 Å². The van der Waals surface area contributed by atoms with Crippen LogP contribution in [0.2, 0.25) is 5.15 Å². The van der Waals surface area contributed by atoms with Crippen LogP contribution >= 0.6 is 11.6 Å². The highest BCUT2D eigenvalue weighted by Crippen LogP contribution is 2.20. The second kappa shape index (κ2) is 15.2. The number of aryl methyl sites for hydroxylation is 2. The number of rotatable bonds is 13. The molecule has 1 unspecified atom stereocenters. The third-order valence-electron chi connectivity index (χ3n) is 7.96. The summed E-state index contributed by atoms with van der Waals surface area (Å²) in [7, 11) is 0. The van der Waals surface area contributed by atoms with Crippen molar-refractivity contribution in [3.63, 3.8) is 0 Å². The number of amides is 1. The highest BCUT2D eigenvalue weighted by Gasteiger charge is 2.25. The Labute approximate surface area is 253 Å². The van der Waals surface area contributed by atoms with Gasteiger partial charge in [0.15, 0.2) is 0 Å². The molecule has 9 nitrogen and oxygen atoms in total. The number of aromatic carboxylic acids is 1. The maximum absolute atomic E-state index is 12.8. The quantitative estimate of drug-likeness (QED) is 0.214. The Morgan fingerprint density at radius 1 is 1.12 bits per heavy atom. The van der Waals surface area contributed by atoms with Crippen LogP contribution in [0.3, 0.4) is 0 Å². The lowest BCUT2D eigenvalue weighted by atomic mass is 9.99. The first-order valence-corrected chi connectivity index (χ1v) is 14.9. The topological polar surface area (TPSA) is 119 Å². The summed E-state index contributed by atoms with van der Waals surface area (Å²) >= 11 is 6.01. The molecular formula is C32H41ClN6O3. The summed E-state index contributed by atoms with van der Waals surface area (Å²) in [6.45, 7) is 9.82. The SMILES string of the molecule is Cc1cc(Cl)nc(C)c1C(=O)NCCC(C)N1CCC(N[C@@H](CNCc2ccc(C(=O)O)cn2)c2ccccc2)CC1. The zero-order valence-corrected chi connectivity index (χ0v) is 25.3. The van der Waals surface area contributed by atoms with Gasteiger partial charge >= 0.3 is 5.97 Å². The number of benzene rings is 1. The van der Waals surface area contributed by atoms with Gasteiger partial charge in [0.05, 0.1) is 22.5 Å². The van der Waals surface area contributed by atoms with Gasteiger partial charge in [0.25, 0.3) is 5.91 Å². The second-order valence-electron chi connectivity index (χ2n) is 11.0. The molecule has 0 saturated carbocycles. The van der Waals surface area contributed by atoms with Gasteiger partial charge in [-0.25, -0.2) is 9.78 Å². The van der Waals surface area contributed by atoms with Crippen LogP contribution in [0.15, 0.2) is 54.7 Å². The van der Waals surface area contributed by atoms with Gasteiger partial charge in [-0.15, -0.1) is 0 Å². The molecular weight excluding hydrogens is 552 g/mol. The van der Waals surface area contributed by atoms with Crippen molar-refractivity contribution in [3.8, 4) is 0 Å². The van der Waals surface area contributed by atoms with Gasteiger partial charge in [-0.1, -0.05) is 41.9 Å². The number of hydrogen-bond acceptors (Lipinski definition) is 7. The smallest absolute Gasteiger partial charge is 0.337 e. The van der Waals surface area contributed by atoms with Crippen LogP contribution in [-0.4, -0.2) is 70.1 Å². The number of pyridine rings is 2. The first-order chi connectivity index (χ1) is 20.2. The van der Waals surface area contributed by atoms with E-state index in [-0.39, 0.29) is 17.5 Å². The lowest BCUT2D eigenvalue weighted by Gasteiger charge is -2.38. The average Bonchev–Trinajstić information content (AvgIpc) is 2.97. The number of carboxylic acid groups (broad SMARTS) is 1. The number of likely N-dealkylation sites (tertiary alicyclic amines) is 1. The van der Waals surface area contributed by atoms with E-state index in [0.717, 1.165) is 50.2 Å². The van der Waals surface area contributed by atoms with Crippen molar-refractivity contribution in [2.75, 3.05) is 26.2 Å². The molecule has 10 heteroatoms. The van der Waals surface area contributed by atoms with Crippen LogP contribution in [0, 0.1) is 13.8 Å². The normalized spacial score (nSPS) is 15.7. The van der Waals surface area contributed by atoms with E-state index in [1.54, 1.807) is 18.2 Å². The zero-order valence-electron chi connectivity index (χ0n) is 24.6. The van der Waals surface area contributed by atoms with Gasteiger partial charge in [-0.2, -0.15) is 0 Å². The van der Waals surface area contributed by atoms with Gasteiger partial charge in [0, 0.05) is 44.0 Å². The molecule has 4 N–H and O–H groups in total. The Hall–Kier alpha value is -3.37. The number of piperidine rings is 1. The minimum absolute atomic E-state index is 0.0992. The summed E-state index contributed by atoms with van der Waals surface area (Å²) in [5, 5.41) is 19.9. The lowest BCUT2D eigenvalue weighted by molar-refractivity contribution is 0.0696. The molecule has 0 aliphatic carbocycles. The fourth-order valence-corrected chi connectivity index (χ4v) is 5.83. The van der Waals surface area contributed by atoms with Crippen LogP contribution in [0.1, 0.15) is 75.5 Å². The Morgan fingerprint density at radius 3 is 2.50 bits per heavy atom. The fourth-order valence-electron chi connectivity index (χ4n) is 5.54. The number of carbonyl (C=O) groups excluding carboxylic acids is 1. The largest absolute Gasteiger partial charge is 0.478 e. The van der Waals surface area contributed by atoms with Crippen molar-refractivity contribution >= 4 is 23.5 Å². The predicted octanol–water partition coefficient (Wildman–Crippen LogP) is 4.54. The molecule has 0 radical (unpaired) electrons. The molecule has 3 aromatic rings. The Morgan fingerprint density at radius 2 is 1.86 bits per heavy atom. The lowest BCUT2D eigenvalue weighted by Crippen LogP contribution is -2.48. The van der Waals surface area contributed by atoms with Gasteiger partial charge < -0.3 is 26.0 Å². The van der Waals surface area contributed by atoms with Crippen molar-refractivity contribution in [1.29, 1.82) is 0 Å². The standard InChI is InChI=1S/C32H41ClN6O3/c1-21-17-29(33)37-23(3)30(21)31(40)35-14-11-22(2)39-15-12-26(13-16-39)38-28(24-7-5-4-6-8-24)20-34-19-27-10-9-25(18-36-27)32(41)42/h4-10,17-18,22,26,28,34,38H,11-16,19-20H2,1-3H3,(H,35,40)(H,41,42)/t22?,28-/m0/s1. The van der Waals surface area contributed by atoms with Crippen molar-refractivity contribution in [3.05, 3.63) is 93.5 Å². The Kier molecular flexibility index (Phi) is 11.4. The molecule has 1 aromatic carbocycles. The van der Waals surface area contributed by atoms with Gasteiger partial charge in [0.1, 0.15) is 5.15 Å². The zero-order chi connectivity index (χ0) is 30.1. The van der Waals surface area contributed by atoms with Crippen LogP contribution in [0.25, 0.3) is 0 Å². The highest BCUT2D eigenvalue weighted by atomic mass is 35.5.